The zero-order valence-corrected chi connectivity index (χ0v) is 13.1. The van der Waals surface area contributed by atoms with Crippen LogP contribution >= 0.6 is 0 Å². The summed E-state index contributed by atoms with van der Waals surface area (Å²) < 4.78 is 28.3. The number of aryl methyl sites for hydroxylation is 1. The average molecular weight is 335 g/mol. The molecule has 3 rings (SSSR count). The zero-order valence-electron chi connectivity index (χ0n) is 13.1. The SMILES string of the molecule is O=C(NCC(O)Cc1ccc(F)cc1F)c1cnn2c1CCCC2. The van der Waals surface area contributed by atoms with E-state index in [0.29, 0.717) is 5.56 Å². The maximum atomic E-state index is 13.6. The van der Waals surface area contributed by atoms with Gasteiger partial charge in [-0.2, -0.15) is 5.10 Å². The maximum Gasteiger partial charge on any atom is 0.254 e. The highest BCUT2D eigenvalue weighted by molar-refractivity contribution is 5.95. The van der Waals surface area contributed by atoms with Crippen LogP contribution < -0.4 is 5.32 Å². The maximum absolute atomic E-state index is 13.6. The van der Waals surface area contributed by atoms with E-state index in [2.05, 4.69) is 10.4 Å². The smallest absolute Gasteiger partial charge is 0.254 e. The second-order valence-corrected chi connectivity index (χ2v) is 5.99. The first-order valence-corrected chi connectivity index (χ1v) is 7.99. The monoisotopic (exact) mass is 335 g/mol. The fourth-order valence-corrected chi connectivity index (χ4v) is 2.93. The number of aliphatic hydroxyl groups is 1. The lowest BCUT2D eigenvalue weighted by Crippen LogP contribution is -2.34. The fraction of sp³-hybridized carbons (Fsp3) is 0.412. The molecule has 2 N–H and O–H groups in total. The van der Waals surface area contributed by atoms with Crippen molar-refractivity contribution in [2.24, 2.45) is 0 Å². The van der Waals surface area contributed by atoms with E-state index in [1.54, 1.807) is 6.20 Å². The van der Waals surface area contributed by atoms with Gasteiger partial charge in [0.15, 0.2) is 0 Å². The lowest BCUT2D eigenvalue weighted by Gasteiger charge is -2.15. The van der Waals surface area contributed by atoms with Crippen molar-refractivity contribution in [3.05, 3.63) is 52.9 Å². The van der Waals surface area contributed by atoms with Crippen LogP contribution in [-0.2, 0) is 19.4 Å². The molecule has 5 nitrogen and oxygen atoms in total. The molecule has 7 heteroatoms. The van der Waals surface area contributed by atoms with Crippen LogP contribution in [0, 0.1) is 11.6 Å². The summed E-state index contributed by atoms with van der Waals surface area (Å²) in [5.74, 6) is -1.66. The lowest BCUT2D eigenvalue weighted by molar-refractivity contribution is 0.0914. The highest BCUT2D eigenvalue weighted by Crippen LogP contribution is 2.18. The summed E-state index contributed by atoms with van der Waals surface area (Å²) in [6.07, 6.45) is 3.48. The predicted octanol–water partition coefficient (Wildman–Crippen LogP) is 1.83. The Labute approximate surface area is 138 Å². The quantitative estimate of drug-likeness (QED) is 0.876. The molecule has 128 valence electrons. The molecule has 1 aromatic heterocycles. The topological polar surface area (TPSA) is 67.2 Å². The van der Waals surface area contributed by atoms with Crippen molar-refractivity contribution < 1.29 is 18.7 Å². The molecular weight excluding hydrogens is 316 g/mol. The Hall–Kier alpha value is -2.28. The molecule has 0 aliphatic carbocycles. The van der Waals surface area contributed by atoms with Gasteiger partial charge >= 0.3 is 0 Å². The van der Waals surface area contributed by atoms with Crippen LogP contribution in [-0.4, -0.2) is 33.4 Å². The van der Waals surface area contributed by atoms with Crippen LogP contribution in [0.3, 0.4) is 0 Å². The molecular formula is C17H19F2N3O2. The van der Waals surface area contributed by atoms with Gasteiger partial charge in [0.25, 0.3) is 5.91 Å². The second-order valence-electron chi connectivity index (χ2n) is 5.99. The van der Waals surface area contributed by atoms with Crippen molar-refractivity contribution >= 4 is 5.91 Å². The van der Waals surface area contributed by atoms with E-state index in [-0.39, 0.29) is 24.4 Å². The number of nitrogens with zero attached hydrogens (tertiary/aromatic N) is 2. The third kappa shape index (κ3) is 3.62. The molecule has 1 amide bonds. The van der Waals surface area contributed by atoms with E-state index in [9.17, 15) is 18.7 Å². The molecule has 0 bridgehead atoms. The Bertz CT molecular complexity index is 745. The Kier molecular flexibility index (Phi) is 4.89. The fourth-order valence-electron chi connectivity index (χ4n) is 2.93. The largest absolute Gasteiger partial charge is 0.391 e. The first kappa shape index (κ1) is 16.6. The Morgan fingerprint density at radius 1 is 1.38 bits per heavy atom. The van der Waals surface area contributed by atoms with Crippen LogP contribution in [0.2, 0.25) is 0 Å². The molecule has 0 fully saturated rings. The Morgan fingerprint density at radius 2 is 2.21 bits per heavy atom. The summed E-state index contributed by atoms with van der Waals surface area (Å²) in [6.45, 7) is 0.801. The lowest BCUT2D eigenvalue weighted by atomic mass is 10.1. The van der Waals surface area contributed by atoms with Gasteiger partial charge in [0.2, 0.25) is 0 Å². The van der Waals surface area contributed by atoms with Crippen LogP contribution in [0.15, 0.2) is 24.4 Å². The van der Waals surface area contributed by atoms with Gasteiger partial charge in [-0.1, -0.05) is 6.07 Å². The Balaban J connectivity index is 1.57. The summed E-state index contributed by atoms with van der Waals surface area (Å²) in [6, 6.07) is 3.21. The van der Waals surface area contributed by atoms with Crippen molar-refractivity contribution in [2.45, 2.75) is 38.3 Å². The zero-order chi connectivity index (χ0) is 17.1. The van der Waals surface area contributed by atoms with Crippen molar-refractivity contribution in [3.8, 4) is 0 Å². The predicted molar refractivity (Wildman–Crippen MR) is 83.6 cm³/mol. The second kappa shape index (κ2) is 7.09. The third-order valence-corrected chi connectivity index (χ3v) is 4.20. The molecule has 1 atom stereocenters. The van der Waals surface area contributed by atoms with Crippen molar-refractivity contribution in [2.75, 3.05) is 6.54 Å². The van der Waals surface area contributed by atoms with Gasteiger partial charge in [-0.3, -0.25) is 9.48 Å². The van der Waals surface area contributed by atoms with Crippen molar-refractivity contribution in [3.63, 3.8) is 0 Å². The van der Waals surface area contributed by atoms with Crippen LogP contribution in [0.5, 0.6) is 0 Å². The summed E-state index contributed by atoms with van der Waals surface area (Å²) in [7, 11) is 0. The van der Waals surface area contributed by atoms with Crippen LogP contribution in [0.25, 0.3) is 0 Å². The number of benzene rings is 1. The molecule has 0 saturated carbocycles. The average Bonchev–Trinajstić information content (AvgIpc) is 2.99. The number of hydrogen-bond acceptors (Lipinski definition) is 3. The molecule has 24 heavy (non-hydrogen) atoms. The number of rotatable bonds is 5. The minimum Gasteiger partial charge on any atom is -0.391 e. The van der Waals surface area contributed by atoms with Gasteiger partial charge < -0.3 is 10.4 Å². The van der Waals surface area contributed by atoms with Gasteiger partial charge in [-0.25, -0.2) is 8.78 Å². The van der Waals surface area contributed by atoms with Gasteiger partial charge in [0, 0.05) is 25.6 Å². The Morgan fingerprint density at radius 3 is 3.00 bits per heavy atom. The molecule has 0 spiro atoms. The van der Waals surface area contributed by atoms with Gasteiger partial charge in [-0.05, 0) is 30.9 Å². The number of halogens is 2. The number of fused-ring (bicyclic) bond motifs is 1. The van der Waals surface area contributed by atoms with E-state index in [1.807, 2.05) is 4.68 Å². The van der Waals surface area contributed by atoms with Crippen LogP contribution in [0.1, 0.15) is 34.5 Å². The van der Waals surface area contributed by atoms with Gasteiger partial charge in [0.05, 0.1) is 23.6 Å². The van der Waals surface area contributed by atoms with E-state index >= 15 is 0 Å². The molecule has 1 aliphatic rings. The minimum absolute atomic E-state index is 0.00148. The van der Waals surface area contributed by atoms with Gasteiger partial charge in [-0.15, -0.1) is 0 Å². The summed E-state index contributed by atoms with van der Waals surface area (Å²) in [5.41, 5.74) is 1.65. The summed E-state index contributed by atoms with van der Waals surface area (Å²) >= 11 is 0. The van der Waals surface area contributed by atoms with Crippen LogP contribution in [0.4, 0.5) is 8.78 Å². The normalized spacial score (nSPS) is 15.0. The molecule has 1 unspecified atom stereocenters. The van der Waals surface area contributed by atoms with E-state index in [1.165, 1.54) is 6.07 Å². The molecule has 1 aliphatic heterocycles. The van der Waals surface area contributed by atoms with Crippen molar-refractivity contribution in [1.29, 1.82) is 0 Å². The number of carbonyl (C=O) groups is 1. The molecule has 2 aromatic rings. The molecule has 2 heterocycles. The number of amides is 1. The summed E-state index contributed by atoms with van der Waals surface area (Å²) in [4.78, 5) is 12.2. The number of aliphatic hydroxyl groups excluding tert-OH is 1. The molecule has 0 saturated heterocycles. The number of hydrogen-bond donors (Lipinski definition) is 2. The van der Waals surface area contributed by atoms with Gasteiger partial charge in [0.1, 0.15) is 11.6 Å². The molecule has 0 radical (unpaired) electrons. The number of aromatic nitrogens is 2. The first-order chi connectivity index (χ1) is 11.5. The van der Waals surface area contributed by atoms with Crippen molar-refractivity contribution in [1.82, 2.24) is 15.1 Å². The van der Waals surface area contributed by atoms with E-state index in [0.717, 1.165) is 43.6 Å². The highest BCUT2D eigenvalue weighted by Gasteiger charge is 2.20. The van der Waals surface area contributed by atoms with E-state index < -0.39 is 17.7 Å². The number of carbonyl (C=O) groups excluding carboxylic acids is 1. The third-order valence-electron chi connectivity index (χ3n) is 4.20. The highest BCUT2D eigenvalue weighted by atomic mass is 19.1. The minimum atomic E-state index is -0.958. The van der Waals surface area contributed by atoms with E-state index in [4.69, 9.17) is 0 Å². The standard InChI is InChI=1S/C17H19F2N3O2/c18-12-5-4-11(15(19)8-12)7-13(23)9-20-17(24)14-10-21-22-6-2-1-3-16(14)22/h4-5,8,10,13,23H,1-3,6-7,9H2,(H,20,24). The molecule has 1 aromatic carbocycles. The first-order valence-electron chi connectivity index (χ1n) is 7.99. The number of nitrogens with one attached hydrogen (secondary N) is 1. The summed E-state index contributed by atoms with van der Waals surface area (Å²) in [5, 5.41) is 16.8.